The number of sulfone groups is 1. The van der Waals surface area contributed by atoms with E-state index in [1.165, 1.54) is 0 Å². The van der Waals surface area contributed by atoms with Gasteiger partial charge in [-0.3, -0.25) is 0 Å². The number of ether oxygens (including phenoxy) is 2. The molecule has 0 spiro atoms. The Balaban J connectivity index is 1.62. The number of aromatic nitrogens is 1. The number of rotatable bonds is 8. The number of nitrogens with zero attached hydrogens (tertiary/aromatic N) is 2. The van der Waals surface area contributed by atoms with Crippen LogP contribution < -0.4 is 20.1 Å². The third-order valence-electron chi connectivity index (χ3n) is 4.49. The Morgan fingerprint density at radius 3 is 2.63 bits per heavy atom. The smallest absolute Gasteiger partial charge is 0.219 e. The van der Waals surface area contributed by atoms with Gasteiger partial charge in [0.1, 0.15) is 11.5 Å². The van der Waals surface area contributed by atoms with Gasteiger partial charge in [0.15, 0.2) is 15.8 Å². The lowest BCUT2D eigenvalue weighted by atomic mass is 10.2. The minimum absolute atomic E-state index is 0.108. The lowest BCUT2D eigenvalue weighted by Gasteiger charge is -2.15. The van der Waals surface area contributed by atoms with Crippen LogP contribution in [-0.4, -0.2) is 50.1 Å². The minimum Gasteiger partial charge on any atom is -0.494 e. The predicted molar refractivity (Wildman–Crippen MR) is 117 cm³/mol. The SMILES string of the molecule is CCNC(=NCc1ccnc(Oc2ccc(OCC)cc2)c1)NC1CCS(=O)(=O)C1. The van der Waals surface area contributed by atoms with Gasteiger partial charge in [0.2, 0.25) is 5.88 Å². The van der Waals surface area contributed by atoms with Gasteiger partial charge < -0.3 is 20.1 Å². The highest BCUT2D eigenvalue weighted by Gasteiger charge is 2.28. The van der Waals surface area contributed by atoms with Crippen molar-refractivity contribution in [2.24, 2.45) is 4.99 Å². The van der Waals surface area contributed by atoms with E-state index in [2.05, 4.69) is 20.6 Å². The number of aliphatic imine (C=N–C) groups is 1. The second-order valence-electron chi connectivity index (χ2n) is 6.95. The van der Waals surface area contributed by atoms with Crippen LogP contribution in [0, 0.1) is 0 Å². The highest BCUT2D eigenvalue weighted by molar-refractivity contribution is 7.91. The van der Waals surface area contributed by atoms with Crippen LogP contribution in [0.2, 0.25) is 0 Å². The molecule has 1 aliphatic heterocycles. The number of hydrogen-bond donors (Lipinski definition) is 2. The fraction of sp³-hybridized carbons (Fsp3) is 0.429. The van der Waals surface area contributed by atoms with Crippen molar-refractivity contribution in [1.82, 2.24) is 15.6 Å². The quantitative estimate of drug-likeness (QED) is 0.488. The molecule has 0 radical (unpaired) electrons. The average Bonchev–Trinajstić information content (AvgIpc) is 3.07. The van der Waals surface area contributed by atoms with Crippen molar-refractivity contribution < 1.29 is 17.9 Å². The van der Waals surface area contributed by atoms with Gasteiger partial charge in [-0.05, 0) is 56.2 Å². The first-order valence-electron chi connectivity index (χ1n) is 10.1. The van der Waals surface area contributed by atoms with E-state index >= 15 is 0 Å². The zero-order valence-electron chi connectivity index (χ0n) is 17.3. The van der Waals surface area contributed by atoms with E-state index in [1.54, 1.807) is 6.20 Å². The molecule has 3 rings (SSSR count). The van der Waals surface area contributed by atoms with Crippen LogP contribution in [0.1, 0.15) is 25.8 Å². The molecule has 8 nitrogen and oxygen atoms in total. The molecule has 2 N–H and O–H groups in total. The highest BCUT2D eigenvalue weighted by Crippen LogP contribution is 2.23. The van der Waals surface area contributed by atoms with Crippen LogP contribution in [0.5, 0.6) is 17.4 Å². The van der Waals surface area contributed by atoms with E-state index in [-0.39, 0.29) is 17.5 Å². The summed E-state index contributed by atoms with van der Waals surface area (Å²) in [4.78, 5) is 8.83. The lowest BCUT2D eigenvalue weighted by molar-refractivity contribution is 0.339. The number of nitrogens with one attached hydrogen (secondary N) is 2. The first kappa shape index (κ1) is 21.9. The van der Waals surface area contributed by atoms with Crippen molar-refractivity contribution in [3.63, 3.8) is 0 Å². The second kappa shape index (κ2) is 10.3. The standard InChI is InChI=1S/C21H28N4O4S/c1-3-22-21(25-17-10-12-30(26,27)15-17)24-14-16-9-11-23-20(13-16)29-19-7-5-18(6-8-19)28-4-2/h5-9,11,13,17H,3-4,10,12,14-15H2,1-2H3,(H2,22,24,25). The Bertz CT molecular complexity index is 961. The molecule has 1 fully saturated rings. The van der Waals surface area contributed by atoms with Crippen molar-refractivity contribution in [2.45, 2.75) is 32.9 Å². The monoisotopic (exact) mass is 432 g/mol. The van der Waals surface area contributed by atoms with E-state index in [1.807, 2.05) is 50.2 Å². The molecule has 0 aliphatic carbocycles. The number of hydrogen-bond acceptors (Lipinski definition) is 6. The Labute approximate surface area is 177 Å². The molecule has 0 saturated carbocycles. The number of benzene rings is 1. The van der Waals surface area contributed by atoms with Crippen LogP contribution in [0.4, 0.5) is 0 Å². The Kier molecular flexibility index (Phi) is 7.51. The van der Waals surface area contributed by atoms with Crippen LogP contribution in [-0.2, 0) is 16.4 Å². The van der Waals surface area contributed by atoms with Gasteiger partial charge in [-0.2, -0.15) is 0 Å². The summed E-state index contributed by atoms with van der Waals surface area (Å²) < 4.78 is 34.6. The summed E-state index contributed by atoms with van der Waals surface area (Å²) in [5.41, 5.74) is 0.933. The summed E-state index contributed by atoms with van der Waals surface area (Å²) in [6.07, 6.45) is 2.28. The molecule has 2 aromatic rings. The van der Waals surface area contributed by atoms with Crippen LogP contribution in [0.15, 0.2) is 47.6 Å². The molecule has 1 aromatic carbocycles. The molecule has 2 heterocycles. The third-order valence-corrected chi connectivity index (χ3v) is 6.26. The van der Waals surface area contributed by atoms with Gasteiger partial charge in [-0.15, -0.1) is 0 Å². The highest BCUT2D eigenvalue weighted by atomic mass is 32.2. The summed E-state index contributed by atoms with van der Waals surface area (Å²) in [7, 11) is -2.94. The van der Waals surface area contributed by atoms with E-state index in [0.29, 0.717) is 43.7 Å². The zero-order valence-corrected chi connectivity index (χ0v) is 18.1. The summed E-state index contributed by atoms with van der Waals surface area (Å²) >= 11 is 0. The molecule has 1 saturated heterocycles. The third kappa shape index (κ3) is 6.62. The molecule has 1 aromatic heterocycles. The average molecular weight is 433 g/mol. The maximum atomic E-state index is 11.7. The van der Waals surface area contributed by atoms with Crippen LogP contribution >= 0.6 is 0 Å². The van der Waals surface area contributed by atoms with Crippen molar-refractivity contribution >= 4 is 15.8 Å². The molecular weight excluding hydrogens is 404 g/mol. The maximum absolute atomic E-state index is 11.7. The van der Waals surface area contributed by atoms with E-state index in [4.69, 9.17) is 9.47 Å². The molecule has 0 bridgehead atoms. The van der Waals surface area contributed by atoms with Gasteiger partial charge in [0.25, 0.3) is 0 Å². The predicted octanol–water partition coefficient (Wildman–Crippen LogP) is 2.51. The summed E-state index contributed by atoms with van der Waals surface area (Å²) in [6, 6.07) is 11.0. The molecule has 0 amide bonds. The van der Waals surface area contributed by atoms with Crippen molar-refractivity contribution in [2.75, 3.05) is 24.7 Å². The lowest BCUT2D eigenvalue weighted by Crippen LogP contribution is -2.44. The molecule has 162 valence electrons. The van der Waals surface area contributed by atoms with Crippen molar-refractivity contribution in [1.29, 1.82) is 0 Å². The fourth-order valence-corrected chi connectivity index (χ4v) is 4.76. The molecule has 1 aliphatic rings. The fourth-order valence-electron chi connectivity index (χ4n) is 3.09. The number of pyridine rings is 1. The van der Waals surface area contributed by atoms with Crippen molar-refractivity contribution in [3.8, 4) is 17.4 Å². The van der Waals surface area contributed by atoms with Crippen molar-refractivity contribution in [3.05, 3.63) is 48.2 Å². The van der Waals surface area contributed by atoms with Gasteiger partial charge in [-0.1, -0.05) is 0 Å². The topological polar surface area (TPSA) is 102 Å². The van der Waals surface area contributed by atoms with E-state index < -0.39 is 9.84 Å². The van der Waals surface area contributed by atoms with Gasteiger partial charge >= 0.3 is 0 Å². The molecule has 1 atom stereocenters. The van der Waals surface area contributed by atoms with Crippen LogP contribution in [0.25, 0.3) is 0 Å². The molecule has 9 heteroatoms. The zero-order chi connectivity index (χ0) is 21.4. The summed E-state index contributed by atoms with van der Waals surface area (Å²) in [5, 5.41) is 6.38. The van der Waals surface area contributed by atoms with E-state index in [9.17, 15) is 8.42 Å². The summed E-state index contributed by atoms with van der Waals surface area (Å²) in [5.74, 6) is 2.91. The molecular formula is C21H28N4O4S. The molecule has 1 unspecified atom stereocenters. The Morgan fingerprint density at radius 1 is 1.20 bits per heavy atom. The van der Waals surface area contributed by atoms with Gasteiger partial charge in [0, 0.05) is 24.8 Å². The largest absolute Gasteiger partial charge is 0.494 e. The normalized spacial score (nSPS) is 18.1. The maximum Gasteiger partial charge on any atom is 0.219 e. The first-order chi connectivity index (χ1) is 14.5. The summed E-state index contributed by atoms with van der Waals surface area (Å²) in [6.45, 7) is 5.63. The van der Waals surface area contributed by atoms with Crippen LogP contribution in [0.3, 0.4) is 0 Å². The van der Waals surface area contributed by atoms with Gasteiger partial charge in [0.05, 0.1) is 24.7 Å². The Hall–Kier alpha value is -2.81. The first-order valence-corrected chi connectivity index (χ1v) is 11.9. The van der Waals surface area contributed by atoms with E-state index in [0.717, 1.165) is 11.3 Å². The number of guanidine groups is 1. The Morgan fingerprint density at radius 2 is 1.97 bits per heavy atom. The minimum atomic E-state index is -2.94. The van der Waals surface area contributed by atoms with Gasteiger partial charge in [-0.25, -0.2) is 18.4 Å². The molecule has 30 heavy (non-hydrogen) atoms. The second-order valence-corrected chi connectivity index (χ2v) is 9.18.